The van der Waals surface area contributed by atoms with Crippen molar-refractivity contribution in [3.05, 3.63) is 90.0 Å². The van der Waals surface area contributed by atoms with Gasteiger partial charge in [-0.25, -0.2) is 4.68 Å². The molecular formula is C23H17ClN6O2. The van der Waals surface area contributed by atoms with E-state index < -0.39 is 0 Å². The Kier molecular flexibility index (Phi) is 5.04. The average Bonchev–Trinajstić information content (AvgIpc) is 3.54. The molecule has 5 aromatic rings. The number of pyridine rings is 1. The van der Waals surface area contributed by atoms with E-state index in [0.717, 1.165) is 0 Å². The summed E-state index contributed by atoms with van der Waals surface area (Å²) in [7, 11) is 1.78. The number of nitrogens with one attached hydrogen (secondary N) is 1. The van der Waals surface area contributed by atoms with Crippen molar-refractivity contribution in [3.63, 3.8) is 0 Å². The number of anilines is 1. The fraction of sp³-hybridized carbons (Fsp3) is 0.0435. The molecule has 0 saturated heterocycles. The fourth-order valence-corrected chi connectivity index (χ4v) is 3.54. The minimum Gasteiger partial charge on any atom is -0.463 e. The number of furan rings is 1. The number of amides is 1. The van der Waals surface area contributed by atoms with Crippen LogP contribution in [0.5, 0.6) is 0 Å². The van der Waals surface area contributed by atoms with E-state index in [4.69, 9.17) is 16.0 Å². The Morgan fingerprint density at radius 1 is 1.06 bits per heavy atom. The van der Waals surface area contributed by atoms with Gasteiger partial charge in [-0.15, -0.1) is 0 Å². The Balaban J connectivity index is 1.52. The number of hydrogen-bond donors (Lipinski definition) is 1. The molecule has 0 saturated carbocycles. The highest BCUT2D eigenvalue weighted by atomic mass is 35.5. The highest BCUT2D eigenvalue weighted by molar-refractivity contribution is 6.30. The van der Waals surface area contributed by atoms with E-state index in [9.17, 15) is 4.79 Å². The second-order valence-electron chi connectivity index (χ2n) is 7.02. The van der Waals surface area contributed by atoms with E-state index in [1.54, 1.807) is 65.4 Å². The first-order valence-electron chi connectivity index (χ1n) is 9.75. The number of aryl methyl sites for hydroxylation is 1. The quantitative estimate of drug-likeness (QED) is 0.419. The molecule has 0 unspecified atom stereocenters. The van der Waals surface area contributed by atoms with Crippen molar-refractivity contribution in [3.8, 4) is 28.5 Å². The summed E-state index contributed by atoms with van der Waals surface area (Å²) in [5.74, 6) is 0.191. The van der Waals surface area contributed by atoms with Gasteiger partial charge in [-0.3, -0.25) is 14.5 Å². The molecule has 0 bridgehead atoms. The van der Waals surface area contributed by atoms with Crippen LogP contribution in [0.25, 0.3) is 28.5 Å². The third kappa shape index (κ3) is 3.79. The molecule has 0 aliphatic rings. The maximum absolute atomic E-state index is 13.1. The smallest absolute Gasteiger partial charge is 0.276 e. The Bertz CT molecular complexity index is 1390. The molecule has 0 radical (unpaired) electrons. The molecule has 0 aliphatic carbocycles. The van der Waals surface area contributed by atoms with Gasteiger partial charge in [0.2, 0.25) is 0 Å². The average molecular weight is 445 g/mol. The van der Waals surface area contributed by atoms with Gasteiger partial charge in [-0.05, 0) is 42.5 Å². The van der Waals surface area contributed by atoms with E-state index in [-0.39, 0.29) is 11.6 Å². The lowest BCUT2D eigenvalue weighted by molar-refractivity contribution is 0.102. The van der Waals surface area contributed by atoms with Crippen molar-refractivity contribution in [2.45, 2.75) is 0 Å². The number of rotatable bonds is 5. The van der Waals surface area contributed by atoms with Gasteiger partial charge in [0.05, 0.1) is 23.3 Å². The summed E-state index contributed by atoms with van der Waals surface area (Å²) in [4.78, 5) is 17.5. The van der Waals surface area contributed by atoms with Gasteiger partial charge in [0.1, 0.15) is 11.4 Å². The molecule has 9 heteroatoms. The molecule has 158 valence electrons. The Hall–Kier alpha value is -4.17. The second kappa shape index (κ2) is 8.16. The lowest BCUT2D eigenvalue weighted by Crippen LogP contribution is -2.13. The van der Waals surface area contributed by atoms with Crippen LogP contribution in [0.3, 0.4) is 0 Å². The van der Waals surface area contributed by atoms with E-state index in [0.29, 0.717) is 39.2 Å². The zero-order valence-electron chi connectivity index (χ0n) is 16.9. The molecule has 5 rings (SSSR count). The van der Waals surface area contributed by atoms with Crippen LogP contribution in [0.15, 0.2) is 83.7 Å². The van der Waals surface area contributed by atoms with Crippen LogP contribution < -0.4 is 5.32 Å². The topological polar surface area (TPSA) is 90.8 Å². The summed E-state index contributed by atoms with van der Waals surface area (Å²) in [6, 6.07) is 18.0. The third-order valence-corrected chi connectivity index (χ3v) is 4.99. The fourth-order valence-electron chi connectivity index (χ4n) is 3.35. The molecular weight excluding hydrogens is 428 g/mol. The standard InChI is InChI=1S/C23H17ClN6O2/c1-29-14-19(22(28-29)17-8-2-3-10-25-17)26-23(31)18-13-20(21-9-5-11-32-21)30(27-18)16-7-4-6-15(24)12-16/h2-14H,1H3,(H,26,31). The van der Waals surface area contributed by atoms with Gasteiger partial charge in [0.25, 0.3) is 5.91 Å². The van der Waals surface area contributed by atoms with Crippen LogP contribution in [0.2, 0.25) is 5.02 Å². The third-order valence-electron chi connectivity index (χ3n) is 4.75. The van der Waals surface area contributed by atoms with Crippen LogP contribution in [0.4, 0.5) is 5.69 Å². The number of benzene rings is 1. The number of aromatic nitrogens is 5. The van der Waals surface area contributed by atoms with Gasteiger partial charge < -0.3 is 9.73 Å². The SMILES string of the molecule is Cn1cc(NC(=O)c2cc(-c3ccco3)n(-c3cccc(Cl)c3)n2)c(-c2ccccn2)n1. The number of nitrogens with zero attached hydrogens (tertiary/aromatic N) is 5. The zero-order chi connectivity index (χ0) is 22.1. The normalized spacial score (nSPS) is 10.9. The Morgan fingerprint density at radius 3 is 2.72 bits per heavy atom. The van der Waals surface area contributed by atoms with Crippen LogP contribution in [-0.2, 0) is 7.05 Å². The first kappa shape index (κ1) is 19.8. The molecule has 4 aromatic heterocycles. The zero-order valence-corrected chi connectivity index (χ0v) is 17.7. The van der Waals surface area contributed by atoms with Crippen LogP contribution in [0.1, 0.15) is 10.5 Å². The first-order valence-corrected chi connectivity index (χ1v) is 10.1. The van der Waals surface area contributed by atoms with Gasteiger partial charge >= 0.3 is 0 Å². The first-order chi connectivity index (χ1) is 15.6. The van der Waals surface area contributed by atoms with Gasteiger partial charge in [-0.1, -0.05) is 23.7 Å². The summed E-state index contributed by atoms with van der Waals surface area (Å²) >= 11 is 6.17. The van der Waals surface area contributed by atoms with Crippen molar-refractivity contribution in [2.75, 3.05) is 5.32 Å². The number of hydrogen-bond acceptors (Lipinski definition) is 5. The Labute approximate surface area is 188 Å². The largest absolute Gasteiger partial charge is 0.463 e. The van der Waals surface area contributed by atoms with E-state index >= 15 is 0 Å². The number of halogens is 1. The Morgan fingerprint density at radius 2 is 1.97 bits per heavy atom. The predicted octanol–water partition coefficient (Wildman–Crippen LogP) is 4.83. The predicted molar refractivity (Wildman–Crippen MR) is 121 cm³/mol. The minimum atomic E-state index is -0.385. The molecule has 4 heterocycles. The van der Waals surface area contributed by atoms with Gasteiger partial charge in [0, 0.05) is 30.5 Å². The highest BCUT2D eigenvalue weighted by Gasteiger charge is 2.21. The molecule has 1 aromatic carbocycles. The molecule has 1 amide bonds. The summed E-state index contributed by atoms with van der Waals surface area (Å²) < 4.78 is 8.81. The minimum absolute atomic E-state index is 0.215. The molecule has 0 fully saturated rings. The van der Waals surface area contributed by atoms with Crippen molar-refractivity contribution < 1.29 is 9.21 Å². The van der Waals surface area contributed by atoms with Gasteiger partial charge in [0.15, 0.2) is 11.5 Å². The molecule has 0 atom stereocenters. The molecule has 0 spiro atoms. The number of carbonyl (C=O) groups excluding carboxylic acids is 1. The second-order valence-corrected chi connectivity index (χ2v) is 7.45. The van der Waals surface area contributed by atoms with Crippen molar-refractivity contribution >= 4 is 23.2 Å². The maximum atomic E-state index is 13.1. The number of carbonyl (C=O) groups is 1. The summed E-state index contributed by atoms with van der Waals surface area (Å²) in [5.41, 5.74) is 3.31. The summed E-state index contributed by atoms with van der Waals surface area (Å²) in [5, 5.41) is 12.4. The lowest BCUT2D eigenvalue weighted by atomic mass is 10.2. The van der Waals surface area contributed by atoms with E-state index in [1.807, 2.05) is 30.3 Å². The van der Waals surface area contributed by atoms with Crippen LogP contribution in [-0.4, -0.2) is 30.5 Å². The summed E-state index contributed by atoms with van der Waals surface area (Å²) in [6.45, 7) is 0. The van der Waals surface area contributed by atoms with E-state index in [1.165, 1.54) is 0 Å². The van der Waals surface area contributed by atoms with Crippen molar-refractivity contribution in [1.29, 1.82) is 0 Å². The molecule has 32 heavy (non-hydrogen) atoms. The van der Waals surface area contributed by atoms with E-state index in [2.05, 4.69) is 20.5 Å². The lowest BCUT2D eigenvalue weighted by Gasteiger charge is -2.06. The van der Waals surface area contributed by atoms with Crippen LogP contribution >= 0.6 is 11.6 Å². The van der Waals surface area contributed by atoms with Crippen molar-refractivity contribution in [1.82, 2.24) is 24.5 Å². The van der Waals surface area contributed by atoms with Crippen molar-refractivity contribution in [2.24, 2.45) is 7.05 Å². The molecule has 8 nitrogen and oxygen atoms in total. The highest BCUT2D eigenvalue weighted by Crippen LogP contribution is 2.28. The summed E-state index contributed by atoms with van der Waals surface area (Å²) in [6.07, 6.45) is 4.97. The van der Waals surface area contributed by atoms with Gasteiger partial charge in [-0.2, -0.15) is 10.2 Å². The monoisotopic (exact) mass is 444 g/mol. The molecule has 0 aliphatic heterocycles. The van der Waals surface area contributed by atoms with Crippen LogP contribution in [0, 0.1) is 0 Å². The molecule has 1 N–H and O–H groups in total. The maximum Gasteiger partial charge on any atom is 0.276 e.